The number of unbranched alkanes of at least 4 members (excludes halogenated alkanes) is 14. The molecule has 0 saturated heterocycles. The average Bonchev–Trinajstić information content (AvgIpc) is 3.07. The molecule has 0 saturated carbocycles. The molecule has 0 aromatic carbocycles. The van der Waals surface area contributed by atoms with Crippen LogP contribution in [-0.4, -0.2) is 57.6 Å². The van der Waals surface area contributed by atoms with Gasteiger partial charge >= 0.3 is 0 Å². The minimum Gasteiger partial charge on any atom is -0.396 e. The monoisotopic (exact) mass is 715 g/mol. The van der Waals surface area contributed by atoms with Crippen LogP contribution in [0.2, 0.25) is 0 Å². The van der Waals surface area contributed by atoms with Crippen LogP contribution >= 0.6 is 0 Å². The highest BCUT2D eigenvalue weighted by molar-refractivity contribution is 4.69. The van der Waals surface area contributed by atoms with E-state index in [1.54, 1.807) is 0 Å². The first kappa shape index (κ1) is 51.9. The molecule has 0 spiro atoms. The Labute approximate surface area is 314 Å². The molecule has 5 heteroatoms. The second-order valence-electron chi connectivity index (χ2n) is 19.3. The van der Waals surface area contributed by atoms with E-state index in [0.717, 1.165) is 64.2 Å². The van der Waals surface area contributed by atoms with Crippen molar-refractivity contribution in [3.8, 4) is 0 Å². The summed E-state index contributed by atoms with van der Waals surface area (Å²) in [6, 6.07) is 0. The van der Waals surface area contributed by atoms with Gasteiger partial charge < -0.3 is 25.5 Å². The maximum absolute atomic E-state index is 10.1. The summed E-state index contributed by atoms with van der Waals surface area (Å²) in [6.45, 7) is 20.6. The lowest BCUT2D eigenvalue weighted by molar-refractivity contribution is 0.140. The zero-order valence-electron chi connectivity index (χ0n) is 35.6. The van der Waals surface area contributed by atoms with Crippen molar-refractivity contribution in [2.24, 2.45) is 21.7 Å². The molecular formula is C45H94O5. The van der Waals surface area contributed by atoms with E-state index < -0.39 is 0 Å². The summed E-state index contributed by atoms with van der Waals surface area (Å²) in [4.78, 5) is 0. The number of aliphatic hydroxyl groups excluding tert-OH is 5. The van der Waals surface area contributed by atoms with Crippen molar-refractivity contribution in [3.05, 3.63) is 0 Å². The van der Waals surface area contributed by atoms with E-state index >= 15 is 0 Å². The molecule has 0 aliphatic heterocycles. The van der Waals surface area contributed by atoms with E-state index in [4.69, 9.17) is 0 Å². The van der Waals surface area contributed by atoms with Crippen molar-refractivity contribution in [3.63, 3.8) is 0 Å². The van der Waals surface area contributed by atoms with E-state index in [1.165, 1.54) is 109 Å². The van der Waals surface area contributed by atoms with Crippen molar-refractivity contribution in [2.75, 3.05) is 19.8 Å². The largest absolute Gasteiger partial charge is 0.396 e. The SMILES string of the molecule is CC(C)(CO)CCCCCCC(O)CCCCCCC(C)(C)CO.CCC(C)(C)CCCCCCCC(O)CCCCCCCC(C)(C)CO. The van der Waals surface area contributed by atoms with Crippen molar-refractivity contribution in [2.45, 2.75) is 248 Å². The highest BCUT2D eigenvalue weighted by Crippen LogP contribution is 2.28. The minimum atomic E-state index is -0.132. The van der Waals surface area contributed by atoms with E-state index in [0.29, 0.717) is 5.41 Å². The molecule has 0 aromatic heterocycles. The van der Waals surface area contributed by atoms with Crippen LogP contribution in [0.25, 0.3) is 0 Å². The van der Waals surface area contributed by atoms with Crippen molar-refractivity contribution >= 4 is 0 Å². The molecule has 50 heavy (non-hydrogen) atoms. The second kappa shape index (κ2) is 31.2. The Morgan fingerprint density at radius 3 is 0.740 bits per heavy atom. The summed E-state index contributed by atoms with van der Waals surface area (Å²) < 4.78 is 0. The van der Waals surface area contributed by atoms with Gasteiger partial charge in [-0.1, -0.05) is 184 Å². The van der Waals surface area contributed by atoms with Gasteiger partial charge in [-0.2, -0.15) is 0 Å². The molecule has 5 nitrogen and oxygen atoms in total. The Kier molecular flexibility index (Phi) is 32.4. The van der Waals surface area contributed by atoms with Crippen molar-refractivity contribution in [1.82, 2.24) is 0 Å². The fourth-order valence-electron chi connectivity index (χ4n) is 6.40. The first-order valence-electron chi connectivity index (χ1n) is 21.6. The number of rotatable bonds is 34. The summed E-state index contributed by atoms with van der Waals surface area (Å²) in [5.74, 6) is 0. The van der Waals surface area contributed by atoms with Gasteiger partial charge in [0.2, 0.25) is 0 Å². The third kappa shape index (κ3) is 36.2. The molecule has 5 N–H and O–H groups in total. The lowest BCUT2D eigenvalue weighted by Crippen LogP contribution is -2.16. The maximum Gasteiger partial charge on any atom is 0.0540 e. The van der Waals surface area contributed by atoms with Crippen LogP contribution in [0.5, 0.6) is 0 Å². The molecule has 0 radical (unpaired) electrons. The number of hydrogen-bond donors (Lipinski definition) is 5. The molecular weight excluding hydrogens is 620 g/mol. The van der Waals surface area contributed by atoms with E-state index in [-0.39, 0.29) is 48.3 Å². The van der Waals surface area contributed by atoms with Gasteiger partial charge in [0.15, 0.2) is 0 Å². The predicted molar refractivity (Wildman–Crippen MR) is 219 cm³/mol. The van der Waals surface area contributed by atoms with Crippen LogP contribution in [0.1, 0.15) is 236 Å². The normalized spacial score (nSPS) is 13.5. The molecule has 0 rings (SSSR count). The molecule has 0 aliphatic rings. The van der Waals surface area contributed by atoms with Gasteiger partial charge in [-0.05, 0) is 73.0 Å². The summed E-state index contributed by atoms with van der Waals surface area (Å²) in [6.07, 6.45) is 31.6. The molecule has 0 bridgehead atoms. The zero-order valence-corrected chi connectivity index (χ0v) is 35.6. The summed E-state index contributed by atoms with van der Waals surface area (Å²) in [7, 11) is 0. The highest BCUT2D eigenvalue weighted by Gasteiger charge is 2.17. The molecule has 0 aromatic rings. The van der Waals surface area contributed by atoms with E-state index in [9.17, 15) is 25.5 Å². The Morgan fingerprint density at radius 2 is 0.520 bits per heavy atom. The molecule has 1 unspecified atom stereocenters. The molecule has 1 atom stereocenters. The Morgan fingerprint density at radius 1 is 0.320 bits per heavy atom. The highest BCUT2D eigenvalue weighted by atomic mass is 16.3. The smallest absolute Gasteiger partial charge is 0.0540 e. The van der Waals surface area contributed by atoms with Gasteiger partial charge in [0.05, 0.1) is 12.2 Å². The summed E-state index contributed by atoms with van der Waals surface area (Å²) in [5, 5.41) is 47.8. The van der Waals surface area contributed by atoms with Crippen LogP contribution in [-0.2, 0) is 0 Å². The summed E-state index contributed by atoms with van der Waals surface area (Å²) in [5.41, 5.74) is 0.728. The van der Waals surface area contributed by atoms with Gasteiger partial charge in [-0.15, -0.1) is 0 Å². The summed E-state index contributed by atoms with van der Waals surface area (Å²) >= 11 is 0. The van der Waals surface area contributed by atoms with Gasteiger partial charge in [-0.25, -0.2) is 0 Å². The third-order valence-corrected chi connectivity index (χ3v) is 11.3. The van der Waals surface area contributed by atoms with E-state index in [1.807, 2.05) is 0 Å². The first-order valence-corrected chi connectivity index (χ1v) is 21.6. The first-order chi connectivity index (χ1) is 23.4. The van der Waals surface area contributed by atoms with Crippen LogP contribution in [0, 0.1) is 21.7 Å². The zero-order chi connectivity index (χ0) is 38.4. The van der Waals surface area contributed by atoms with Crippen LogP contribution in [0.3, 0.4) is 0 Å². The molecule has 0 heterocycles. The second-order valence-corrected chi connectivity index (χ2v) is 19.3. The topological polar surface area (TPSA) is 101 Å². The minimum absolute atomic E-state index is 0.0614. The van der Waals surface area contributed by atoms with E-state index in [2.05, 4.69) is 62.3 Å². The average molecular weight is 715 g/mol. The maximum atomic E-state index is 10.1. The number of aliphatic hydroxyl groups is 5. The lowest BCUT2D eigenvalue weighted by atomic mass is 9.84. The van der Waals surface area contributed by atoms with Gasteiger partial charge in [0, 0.05) is 19.8 Å². The Bertz CT molecular complexity index is 658. The molecule has 0 aliphatic carbocycles. The van der Waals surface area contributed by atoms with Crippen molar-refractivity contribution in [1.29, 1.82) is 0 Å². The molecule has 0 amide bonds. The predicted octanol–water partition coefficient (Wildman–Crippen LogP) is 12.3. The Balaban J connectivity index is 0. The third-order valence-electron chi connectivity index (χ3n) is 11.3. The quantitative estimate of drug-likeness (QED) is 0.0427. The van der Waals surface area contributed by atoms with Crippen molar-refractivity contribution < 1.29 is 25.5 Å². The van der Waals surface area contributed by atoms with Gasteiger partial charge in [0.1, 0.15) is 0 Å². The number of hydrogen-bond acceptors (Lipinski definition) is 5. The molecule has 0 fully saturated rings. The fraction of sp³-hybridized carbons (Fsp3) is 1.00. The molecule has 304 valence electrons. The van der Waals surface area contributed by atoms with Crippen LogP contribution < -0.4 is 0 Å². The lowest BCUT2D eigenvalue weighted by Gasteiger charge is -2.22. The van der Waals surface area contributed by atoms with Crippen LogP contribution in [0.15, 0.2) is 0 Å². The van der Waals surface area contributed by atoms with Crippen LogP contribution in [0.4, 0.5) is 0 Å². The van der Waals surface area contributed by atoms with Gasteiger partial charge in [-0.3, -0.25) is 0 Å². The standard InChI is InChI=1S/C24H50O2.C21H44O3/c1-6-23(2,3)19-15-11-7-9-13-17-22(26)18-14-10-8-12-16-20-24(4,5)21-25;1-20(2,17-22)15-11-7-5-9-13-19(24)14-10-6-8-12-16-21(3,4)18-23/h22,25-26H,6-21H2,1-5H3;19,22-24H,5-18H2,1-4H3. The van der Waals surface area contributed by atoms with Gasteiger partial charge in [0.25, 0.3) is 0 Å². The fourth-order valence-corrected chi connectivity index (χ4v) is 6.40. The Hall–Kier alpha value is -0.200.